The molecule has 0 aliphatic carbocycles. The first kappa shape index (κ1) is 22.7. The zero-order chi connectivity index (χ0) is 19.8. The van der Waals surface area contributed by atoms with Crippen LogP contribution < -0.4 is 20.7 Å². The molecule has 1 aliphatic heterocycles. The van der Waals surface area contributed by atoms with Crippen molar-refractivity contribution in [2.45, 2.75) is 25.7 Å². The van der Waals surface area contributed by atoms with Crippen molar-refractivity contribution in [3.8, 4) is 5.75 Å². The molecule has 0 aromatic heterocycles. The van der Waals surface area contributed by atoms with E-state index >= 15 is 0 Å². The molecule has 1 aliphatic rings. The Morgan fingerprint density at radius 2 is 1.55 bits per heavy atom. The van der Waals surface area contributed by atoms with E-state index in [2.05, 4.69) is 16.0 Å². The fourth-order valence-corrected chi connectivity index (χ4v) is 3.31. The molecule has 3 N–H and O–H groups in total. The summed E-state index contributed by atoms with van der Waals surface area (Å²) in [4.78, 5) is 24.5. The fourth-order valence-electron chi connectivity index (χ4n) is 3.31. The minimum atomic E-state index is -0.200. The molecule has 0 unspecified atom stereocenters. The number of carbonyl (C=O) groups excluding carboxylic acids is 2. The Kier molecular flexibility index (Phi) is 8.96. The number of piperidine rings is 1. The second-order valence-corrected chi connectivity index (χ2v) is 7.04. The fraction of sp³-hybridized carbons (Fsp3) is 0.364. The van der Waals surface area contributed by atoms with E-state index in [4.69, 9.17) is 4.74 Å². The van der Waals surface area contributed by atoms with Gasteiger partial charge < -0.3 is 20.7 Å². The van der Waals surface area contributed by atoms with Crippen molar-refractivity contribution in [2.75, 3.05) is 30.8 Å². The monoisotopic (exact) mass is 417 g/mol. The third kappa shape index (κ3) is 7.07. The Labute approximate surface area is 177 Å². The number of rotatable bonds is 7. The SMILES string of the molecule is COc1ccc(NC(=O)c2ccc(NC(=O)CCC3CCNCC3)cc2)cc1.Cl. The van der Waals surface area contributed by atoms with Crippen LogP contribution in [0.1, 0.15) is 36.0 Å². The van der Waals surface area contributed by atoms with Crippen molar-refractivity contribution >= 4 is 35.6 Å². The van der Waals surface area contributed by atoms with Crippen LogP contribution in [0.3, 0.4) is 0 Å². The molecule has 3 rings (SSSR count). The van der Waals surface area contributed by atoms with Gasteiger partial charge in [0, 0.05) is 23.4 Å². The molecule has 0 saturated carbocycles. The van der Waals surface area contributed by atoms with Crippen molar-refractivity contribution in [3.05, 3.63) is 54.1 Å². The number of carbonyl (C=O) groups is 2. The van der Waals surface area contributed by atoms with Crippen LogP contribution in [0.25, 0.3) is 0 Å². The van der Waals surface area contributed by atoms with E-state index in [1.807, 2.05) is 0 Å². The van der Waals surface area contributed by atoms with Gasteiger partial charge in [0.05, 0.1) is 7.11 Å². The molecule has 29 heavy (non-hydrogen) atoms. The molecule has 0 bridgehead atoms. The Bertz CT molecular complexity index is 788. The van der Waals surface area contributed by atoms with E-state index in [0.29, 0.717) is 29.3 Å². The van der Waals surface area contributed by atoms with Crippen LogP contribution in [0.5, 0.6) is 5.75 Å². The molecular formula is C22H28ClN3O3. The van der Waals surface area contributed by atoms with Gasteiger partial charge in [-0.05, 0) is 86.8 Å². The molecule has 2 aromatic rings. The lowest BCUT2D eigenvalue weighted by Crippen LogP contribution is -2.28. The number of halogens is 1. The Balaban J connectivity index is 0.00000300. The van der Waals surface area contributed by atoms with Crippen molar-refractivity contribution in [1.29, 1.82) is 0 Å². The van der Waals surface area contributed by atoms with Gasteiger partial charge in [0.2, 0.25) is 5.91 Å². The summed E-state index contributed by atoms with van der Waals surface area (Å²) in [6.45, 7) is 2.10. The van der Waals surface area contributed by atoms with Crippen molar-refractivity contribution < 1.29 is 14.3 Å². The van der Waals surface area contributed by atoms with Crippen LogP contribution in [0.2, 0.25) is 0 Å². The molecule has 1 saturated heterocycles. The zero-order valence-electron chi connectivity index (χ0n) is 16.6. The maximum atomic E-state index is 12.3. The third-order valence-corrected chi connectivity index (χ3v) is 5.02. The Hall–Kier alpha value is -2.57. The smallest absolute Gasteiger partial charge is 0.255 e. The van der Waals surface area contributed by atoms with Crippen molar-refractivity contribution in [2.24, 2.45) is 5.92 Å². The van der Waals surface area contributed by atoms with Crippen LogP contribution in [-0.2, 0) is 4.79 Å². The van der Waals surface area contributed by atoms with Gasteiger partial charge >= 0.3 is 0 Å². The molecule has 2 aromatic carbocycles. The van der Waals surface area contributed by atoms with Gasteiger partial charge in [-0.25, -0.2) is 0 Å². The second kappa shape index (κ2) is 11.4. The highest BCUT2D eigenvalue weighted by atomic mass is 35.5. The molecule has 1 heterocycles. The van der Waals surface area contributed by atoms with Crippen LogP contribution >= 0.6 is 12.4 Å². The summed E-state index contributed by atoms with van der Waals surface area (Å²) in [6, 6.07) is 14.1. The molecule has 2 amide bonds. The predicted octanol–water partition coefficient (Wildman–Crippen LogP) is 4.09. The highest BCUT2D eigenvalue weighted by Crippen LogP contribution is 2.19. The summed E-state index contributed by atoms with van der Waals surface area (Å²) < 4.78 is 5.11. The summed E-state index contributed by atoms with van der Waals surface area (Å²) in [5.41, 5.74) is 1.93. The maximum absolute atomic E-state index is 12.3. The van der Waals surface area contributed by atoms with Gasteiger partial charge in [-0.3, -0.25) is 9.59 Å². The number of methoxy groups -OCH3 is 1. The Morgan fingerprint density at radius 3 is 2.17 bits per heavy atom. The molecule has 7 heteroatoms. The van der Waals surface area contributed by atoms with E-state index in [1.165, 1.54) is 0 Å². The van der Waals surface area contributed by atoms with Crippen LogP contribution in [0.15, 0.2) is 48.5 Å². The normalized spacial score (nSPS) is 13.8. The molecule has 1 fully saturated rings. The first-order valence-corrected chi connectivity index (χ1v) is 9.70. The lowest BCUT2D eigenvalue weighted by atomic mass is 9.93. The lowest BCUT2D eigenvalue weighted by Gasteiger charge is -2.22. The third-order valence-electron chi connectivity index (χ3n) is 5.02. The molecular weight excluding hydrogens is 390 g/mol. The standard InChI is InChI=1S/C22H27N3O3.ClH/c1-28-20-9-7-19(8-10-20)25-22(27)17-3-5-18(6-4-17)24-21(26)11-2-16-12-14-23-15-13-16;/h3-10,16,23H,2,11-15H2,1H3,(H,24,26)(H,25,27);1H. The zero-order valence-corrected chi connectivity index (χ0v) is 17.4. The number of amides is 2. The van der Waals surface area contributed by atoms with Crippen molar-refractivity contribution in [1.82, 2.24) is 5.32 Å². The summed E-state index contributed by atoms with van der Waals surface area (Å²) in [6.07, 6.45) is 3.75. The predicted molar refractivity (Wildman–Crippen MR) is 118 cm³/mol. The lowest BCUT2D eigenvalue weighted by molar-refractivity contribution is -0.116. The largest absolute Gasteiger partial charge is 0.497 e. The van der Waals surface area contributed by atoms with Gasteiger partial charge in [-0.1, -0.05) is 0 Å². The molecule has 156 valence electrons. The molecule has 0 spiro atoms. The topological polar surface area (TPSA) is 79.5 Å². The first-order chi connectivity index (χ1) is 13.6. The summed E-state index contributed by atoms with van der Waals surface area (Å²) in [5.74, 6) is 1.19. The molecule has 6 nitrogen and oxygen atoms in total. The van der Waals surface area contributed by atoms with Crippen LogP contribution in [0.4, 0.5) is 11.4 Å². The number of nitrogens with one attached hydrogen (secondary N) is 3. The van der Waals surface area contributed by atoms with E-state index in [0.717, 1.165) is 38.1 Å². The summed E-state index contributed by atoms with van der Waals surface area (Å²) in [5, 5.41) is 9.09. The van der Waals surface area contributed by atoms with Gasteiger partial charge in [0.15, 0.2) is 0 Å². The number of hydrogen-bond acceptors (Lipinski definition) is 4. The maximum Gasteiger partial charge on any atom is 0.255 e. The van der Waals surface area contributed by atoms with Crippen LogP contribution in [0, 0.1) is 5.92 Å². The van der Waals surface area contributed by atoms with Gasteiger partial charge in [0.25, 0.3) is 5.91 Å². The van der Waals surface area contributed by atoms with Crippen molar-refractivity contribution in [3.63, 3.8) is 0 Å². The van der Waals surface area contributed by atoms with Gasteiger partial charge in [0.1, 0.15) is 5.75 Å². The highest BCUT2D eigenvalue weighted by molar-refractivity contribution is 6.04. The first-order valence-electron chi connectivity index (χ1n) is 9.70. The number of ether oxygens (including phenoxy) is 1. The second-order valence-electron chi connectivity index (χ2n) is 7.04. The average Bonchev–Trinajstić information content (AvgIpc) is 2.74. The minimum Gasteiger partial charge on any atom is -0.497 e. The van der Waals surface area contributed by atoms with E-state index in [1.54, 1.807) is 55.6 Å². The summed E-state index contributed by atoms with van der Waals surface area (Å²) in [7, 11) is 1.60. The van der Waals surface area contributed by atoms with E-state index < -0.39 is 0 Å². The van der Waals surface area contributed by atoms with E-state index in [-0.39, 0.29) is 24.2 Å². The number of hydrogen-bond donors (Lipinski definition) is 3. The number of anilines is 2. The van der Waals surface area contributed by atoms with Gasteiger partial charge in [-0.2, -0.15) is 0 Å². The quantitative estimate of drug-likeness (QED) is 0.634. The molecule has 0 atom stereocenters. The average molecular weight is 418 g/mol. The summed E-state index contributed by atoms with van der Waals surface area (Å²) >= 11 is 0. The number of benzene rings is 2. The van der Waals surface area contributed by atoms with E-state index in [9.17, 15) is 9.59 Å². The van der Waals surface area contributed by atoms with Gasteiger partial charge in [-0.15, -0.1) is 12.4 Å². The van der Waals surface area contributed by atoms with Crippen LogP contribution in [-0.4, -0.2) is 32.0 Å². The molecule has 0 radical (unpaired) electrons. The Morgan fingerprint density at radius 1 is 0.966 bits per heavy atom. The highest BCUT2D eigenvalue weighted by Gasteiger charge is 2.14. The minimum absolute atomic E-state index is 0.